The van der Waals surface area contributed by atoms with E-state index in [4.69, 9.17) is 4.74 Å². The third kappa shape index (κ3) is 3.58. The summed E-state index contributed by atoms with van der Waals surface area (Å²) < 4.78 is 6.10. The standard InChI is InChI=1S/C17H27NO/c1-4-10-18-12-15-8-6-11-19-17(15)16-9-5-7-13(2)14(16)3/h5,7,9,15,17-18H,4,6,8,10-12H2,1-3H3. The van der Waals surface area contributed by atoms with Gasteiger partial charge in [0.15, 0.2) is 0 Å². The van der Waals surface area contributed by atoms with Crippen LogP contribution in [0.5, 0.6) is 0 Å². The zero-order chi connectivity index (χ0) is 13.7. The molecule has 2 rings (SSSR count). The van der Waals surface area contributed by atoms with E-state index < -0.39 is 0 Å². The van der Waals surface area contributed by atoms with E-state index >= 15 is 0 Å². The third-order valence-corrected chi connectivity index (χ3v) is 4.23. The normalized spacial score (nSPS) is 23.5. The van der Waals surface area contributed by atoms with Crippen molar-refractivity contribution in [2.75, 3.05) is 19.7 Å². The van der Waals surface area contributed by atoms with Crippen LogP contribution in [0, 0.1) is 19.8 Å². The van der Waals surface area contributed by atoms with Crippen molar-refractivity contribution in [3.05, 3.63) is 34.9 Å². The second-order valence-electron chi connectivity index (χ2n) is 5.69. The van der Waals surface area contributed by atoms with Crippen molar-refractivity contribution in [3.8, 4) is 0 Å². The summed E-state index contributed by atoms with van der Waals surface area (Å²) in [6.45, 7) is 9.71. The molecule has 2 unspecified atom stereocenters. The van der Waals surface area contributed by atoms with Crippen LogP contribution in [0.3, 0.4) is 0 Å². The molecule has 1 N–H and O–H groups in total. The molecule has 1 aromatic carbocycles. The number of aryl methyl sites for hydroxylation is 1. The van der Waals surface area contributed by atoms with Crippen molar-refractivity contribution in [1.29, 1.82) is 0 Å². The zero-order valence-electron chi connectivity index (χ0n) is 12.5. The van der Waals surface area contributed by atoms with Crippen molar-refractivity contribution < 1.29 is 4.74 Å². The van der Waals surface area contributed by atoms with E-state index in [2.05, 4.69) is 44.3 Å². The summed E-state index contributed by atoms with van der Waals surface area (Å²) in [6, 6.07) is 6.59. The monoisotopic (exact) mass is 261 g/mol. The van der Waals surface area contributed by atoms with E-state index in [1.807, 2.05) is 0 Å². The molecule has 1 saturated heterocycles. The maximum Gasteiger partial charge on any atom is 0.0867 e. The van der Waals surface area contributed by atoms with Gasteiger partial charge in [-0.3, -0.25) is 0 Å². The van der Waals surface area contributed by atoms with Crippen molar-refractivity contribution in [2.45, 2.75) is 46.1 Å². The molecule has 1 heterocycles. The smallest absolute Gasteiger partial charge is 0.0867 e. The molecule has 2 heteroatoms. The van der Waals surface area contributed by atoms with Crippen LogP contribution in [0.4, 0.5) is 0 Å². The van der Waals surface area contributed by atoms with Gasteiger partial charge in [0, 0.05) is 19.1 Å². The van der Waals surface area contributed by atoms with E-state index in [0.717, 1.165) is 19.7 Å². The Morgan fingerprint density at radius 2 is 2.16 bits per heavy atom. The lowest BCUT2D eigenvalue weighted by Gasteiger charge is -2.33. The molecule has 0 bridgehead atoms. The summed E-state index contributed by atoms with van der Waals surface area (Å²) in [6.07, 6.45) is 3.94. The molecule has 0 amide bonds. The predicted octanol–water partition coefficient (Wildman–Crippen LogP) is 3.77. The second-order valence-corrected chi connectivity index (χ2v) is 5.69. The van der Waals surface area contributed by atoms with E-state index in [9.17, 15) is 0 Å². The van der Waals surface area contributed by atoms with E-state index in [1.54, 1.807) is 0 Å². The third-order valence-electron chi connectivity index (χ3n) is 4.23. The lowest BCUT2D eigenvalue weighted by Crippen LogP contribution is -2.32. The number of rotatable bonds is 5. The Balaban J connectivity index is 2.12. The average molecular weight is 261 g/mol. The highest BCUT2D eigenvalue weighted by Crippen LogP contribution is 2.35. The minimum atomic E-state index is 0.276. The minimum Gasteiger partial charge on any atom is -0.373 e. The molecule has 0 radical (unpaired) electrons. The number of nitrogens with one attached hydrogen (secondary N) is 1. The van der Waals surface area contributed by atoms with Crippen molar-refractivity contribution in [3.63, 3.8) is 0 Å². The summed E-state index contributed by atoms with van der Waals surface area (Å²) in [5.41, 5.74) is 4.16. The van der Waals surface area contributed by atoms with Crippen molar-refractivity contribution in [2.24, 2.45) is 5.92 Å². The quantitative estimate of drug-likeness (QED) is 0.815. The number of benzene rings is 1. The van der Waals surface area contributed by atoms with Crippen LogP contribution in [-0.2, 0) is 4.74 Å². The topological polar surface area (TPSA) is 21.3 Å². The van der Waals surface area contributed by atoms with Gasteiger partial charge in [0.2, 0.25) is 0 Å². The van der Waals surface area contributed by atoms with Gasteiger partial charge in [0.1, 0.15) is 0 Å². The van der Waals surface area contributed by atoms with Crippen LogP contribution < -0.4 is 5.32 Å². The molecular weight excluding hydrogens is 234 g/mol. The fourth-order valence-corrected chi connectivity index (χ4v) is 2.94. The van der Waals surface area contributed by atoms with Crippen LogP contribution in [0.1, 0.15) is 49.0 Å². The van der Waals surface area contributed by atoms with Gasteiger partial charge in [-0.25, -0.2) is 0 Å². The van der Waals surface area contributed by atoms with Crippen LogP contribution in [0.25, 0.3) is 0 Å². The summed E-state index contributed by atoms with van der Waals surface area (Å²) in [7, 11) is 0. The number of hydrogen-bond donors (Lipinski definition) is 1. The van der Waals surface area contributed by atoms with Gasteiger partial charge >= 0.3 is 0 Å². The Labute approximate surface area is 117 Å². The maximum atomic E-state index is 6.10. The Kier molecular flexibility index (Phi) is 5.41. The Morgan fingerprint density at radius 3 is 2.95 bits per heavy atom. The highest BCUT2D eigenvalue weighted by molar-refractivity contribution is 5.35. The first kappa shape index (κ1) is 14.5. The molecule has 2 atom stereocenters. The predicted molar refractivity (Wildman–Crippen MR) is 80.5 cm³/mol. The lowest BCUT2D eigenvalue weighted by atomic mass is 9.86. The largest absolute Gasteiger partial charge is 0.373 e. The summed E-state index contributed by atoms with van der Waals surface area (Å²) in [5.74, 6) is 0.612. The van der Waals surface area contributed by atoms with Gasteiger partial charge in [-0.2, -0.15) is 0 Å². The summed E-state index contributed by atoms with van der Waals surface area (Å²) in [4.78, 5) is 0. The molecule has 1 fully saturated rings. The summed E-state index contributed by atoms with van der Waals surface area (Å²) in [5, 5.41) is 3.56. The summed E-state index contributed by atoms with van der Waals surface area (Å²) >= 11 is 0. The highest BCUT2D eigenvalue weighted by Gasteiger charge is 2.28. The minimum absolute atomic E-state index is 0.276. The first-order valence-electron chi connectivity index (χ1n) is 7.62. The SMILES string of the molecule is CCCNCC1CCCOC1c1cccc(C)c1C. The molecule has 106 valence electrons. The number of hydrogen-bond acceptors (Lipinski definition) is 2. The fraction of sp³-hybridized carbons (Fsp3) is 0.647. The molecule has 0 saturated carbocycles. The Bertz CT molecular complexity index is 402. The molecular formula is C17H27NO. The van der Waals surface area contributed by atoms with Gasteiger partial charge in [-0.05, 0) is 56.3 Å². The van der Waals surface area contributed by atoms with Crippen molar-refractivity contribution >= 4 is 0 Å². The fourth-order valence-electron chi connectivity index (χ4n) is 2.94. The molecule has 0 spiro atoms. The van der Waals surface area contributed by atoms with Gasteiger partial charge in [-0.1, -0.05) is 25.1 Å². The maximum absolute atomic E-state index is 6.10. The van der Waals surface area contributed by atoms with E-state index in [0.29, 0.717) is 5.92 Å². The first-order valence-corrected chi connectivity index (χ1v) is 7.62. The van der Waals surface area contributed by atoms with Crippen molar-refractivity contribution in [1.82, 2.24) is 5.32 Å². The lowest BCUT2D eigenvalue weighted by molar-refractivity contribution is -0.0280. The second kappa shape index (κ2) is 7.06. The van der Waals surface area contributed by atoms with Crippen LogP contribution in [0.15, 0.2) is 18.2 Å². The molecule has 0 aliphatic carbocycles. The number of ether oxygens (including phenoxy) is 1. The molecule has 0 aromatic heterocycles. The molecule has 1 aliphatic rings. The molecule has 2 nitrogen and oxygen atoms in total. The van der Waals surface area contributed by atoms with Crippen LogP contribution in [0.2, 0.25) is 0 Å². The van der Waals surface area contributed by atoms with Gasteiger partial charge < -0.3 is 10.1 Å². The molecule has 19 heavy (non-hydrogen) atoms. The average Bonchev–Trinajstić information content (AvgIpc) is 2.43. The van der Waals surface area contributed by atoms with E-state index in [-0.39, 0.29) is 6.10 Å². The zero-order valence-corrected chi connectivity index (χ0v) is 12.5. The van der Waals surface area contributed by atoms with Crippen LogP contribution in [-0.4, -0.2) is 19.7 Å². The Hall–Kier alpha value is -0.860. The Morgan fingerprint density at radius 1 is 1.32 bits per heavy atom. The van der Waals surface area contributed by atoms with Gasteiger partial charge in [0.25, 0.3) is 0 Å². The van der Waals surface area contributed by atoms with Crippen LogP contribution >= 0.6 is 0 Å². The molecule has 1 aliphatic heterocycles. The molecule has 1 aromatic rings. The van der Waals surface area contributed by atoms with E-state index in [1.165, 1.54) is 36.0 Å². The first-order chi connectivity index (χ1) is 9.24. The van der Waals surface area contributed by atoms with Gasteiger partial charge in [-0.15, -0.1) is 0 Å². The highest BCUT2D eigenvalue weighted by atomic mass is 16.5. The van der Waals surface area contributed by atoms with Gasteiger partial charge in [0.05, 0.1) is 6.10 Å².